The fraction of sp³-hybridized carbons (Fsp3) is 0.381. The quantitative estimate of drug-likeness (QED) is 0.745. The number of anilines is 1. The van der Waals surface area contributed by atoms with E-state index in [9.17, 15) is 9.59 Å². The third-order valence-electron chi connectivity index (χ3n) is 4.05. The van der Waals surface area contributed by atoms with Crippen LogP contribution >= 0.6 is 0 Å². The highest BCUT2D eigenvalue weighted by atomic mass is 16.5. The normalized spacial score (nSPS) is 11.6. The lowest BCUT2D eigenvalue weighted by molar-refractivity contribution is -0.117. The molecule has 2 amide bonds. The highest BCUT2D eigenvalue weighted by Crippen LogP contribution is 2.26. The molecule has 0 spiro atoms. The van der Waals surface area contributed by atoms with Crippen LogP contribution in [0, 0.1) is 19.8 Å². The third-order valence-corrected chi connectivity index (χ3v) is 4.05. The predicted molar refractivity (Wildman–Crippen MR) is 108 cm³/mol. The number of amides is 2. The Bertz CT molecular complexity index is 819. The molecule has 0 unspecified atom stereocenters. The Morgan fingerprint density at radius 1 is 1.11 bits per heavy atom. The predicted octanol–water partition coefficient (Wildman–Crippen LogP) is 4.20. The minimum absolute atomic E-state index is 0.227. The molecule has 0 aliphatic rings. The standard InChI is InChI=1S/C21H27N3O4/c1-13(2)12-27-21(26)23-16(5)20(25)24-17-9-10-19(22-11-17)28-18-8-6-7-14(3)15(18)4/h6-11,13,16H,12H2,1-5H3,(H,23,26)(H,24,25)/t16-/m1/s1. The van der Waals surface area contributed by atoms with Gasteiger partial charge in [-0.1, -0.05) is 26.0 Å². The molecule has 28 heavy (non-hydrogen) atoms. The van der Waals surface area contributed by atoms with Crippen LogP contribution in [0.4, 0.5) is 10.5 Å². The number of aromatic nitrogens is 1. The van der Waals surface area contributed by atoms with Gasteiger partial charge in [0.15, 0.2) is 0 Å². The Balaban J connectivity index is 1.90. The van der Waals surface area contributed by atoms with Gasteiger partial charge >= 0.3 is 6.09 Å². The number of ether oxygens (including phenoxy) is 2. The first kappa shape index (κ1) is 21.2. The molecule has 0 aliphatic carbocycles. The van der Waals surface area contributed by atoms with E-state index in [2.05, 4.69) is 15.6 Å². The number of hydrogen-bond donors (Lipinski definition) is 2. The Morgan fingerprint density at radius 2 is 1.86 bits per heavy atom. The Morgan fingerprint density at radius 3 is 2.50 bits per heavy atom. The largest absolute Gasteiger partial charge is 0.449 e. The topological polar surface area (TPSA) is 89.6 Å². The van der Waals surface area contributed by atoms with Gasteiger partial charge in [0, 0.05) is 6.07 Å². The molecule has 1 heterocycles. The summed E-state index contributed by atoms with van der Waals surface area (Å²) in [7, 11) is 0. The Hall–Kier alpha value is -3.09. The third kappa shape index (κ3) is 6.26. The van der Waals surface area contributed by atoms with Crippen LogP contribution < -0.4 is 15.4 Å². The first-order chi connectivity index (χ1) is 13.3. The van der Waals surface area contributed by atoms with Crippen LogP contribution in [0.2, 0.25) is 0 Å². The zero-order chi connectivity index (χ0) is 20.7. The van der Waals surface area contributed by atoms with E-state index in [0.717, 1.165) is 16.9 Å². The van der Waals surface area contributed by atoms with E-state index >= 15 is 0 Å². The summed E-state index contributed by atoms with van der Waals surface area (Å²) in [6.45, 7) is 9.75. The van der Waals surface area contributed by atoms with Crippen molar-refractivity contribution < 1.29 is 19.1 Å². The molecule has 0 aliphatic heterocycles. The van der Waals surface area contributed by atoms with Gasteiger partial charge in [0.1, 0.15) is 11.8 Å². The fourth-order valence-electron chi connectivity index (χ4n) is 2.24. The van der Waals surface area contributed by atoms with Crippen LogP contribution in [0.5, 0.6) is 11.6 Å². The van der Waals surface area contributed by atoms with Crippen molar-refractivity contribution in [3.05, 3.63) is 47.7 Å². The van der Waals surface area contributed by atoms with Gasteiger partial charge in [-0.2, -0.15) is 0 Å². The van der Waals surface area contributed by atoms with Gasteiger partial charge in [-0.15, -0.1) is 0 Å². The molecule has 2 rings (SSSR count). The number of carbonyl (C=O) groups is 2. The number of pyridine rings is 1. The van der Waals surface area contributed by atoms with Gasteiger partial charge in [0.2, 0.25) is 11.8 Å². The van der Waals surface area contributed by atoms with E-state index in [1.54, 1.807) is 19.1 Å². The van der Waals surface area contributed by atoms with E-state index in [-0.39, 0.29) is 11.8 Å². The van der Waals surface area contributed by atoms with Crippen LogP contribution in [-0.4, -0.2) is 29.6 Å². The van der Waals surface area contributed by atoms with E-state index < -0.39 is 12.1 Å². The molecule has 2 aromatic rings. The Kier molecular flexibility index (Phi) is 7.37. The average Bonchev–Trinajstić information content (AvgIpc) is 2.65. The second-order valence-corrected chi connectivity index (χ2v) is 7.03. The molecular weight excluding hydrogens is 358 g/mol. The number of nitrogens with zero attached hydrogens (tertiary/aromatic N) is 1. The number of carbonyl (C=O) groups excluding carboxylic acids is 2. The van der Waals surface area contributed by atoms with E-state index in [4.69, 9.17) is 9.47 Å². The first-order valence-corrected chi connectivity index (χ1v) is 9.20. The SMILES string of the molecule is Cc1cccc(Oc2ccc(NC(=O)[C@@H](C)NC(=O)OCC(C)C)cn2)c1C. The molecule has 1 aromatic carbocycles. The monoisotopic (exact) mass is 385 g/mol. The van der Waals surface area contributed by atoms with Crippen LogP contribution in [0.3, 0.4) is 0 Å². The summed E-state index contributed by atoms with van der Waals surface area (Å²) in [6, 6.07) is 8.44. The molecule has 1 aromatic heterocycles. The van der Waals surface area contributed by atoms with E-state index in [1.165, 1.54) is 6.20 Å². The van der Waals surface area contributed by atoms with E-state index in [1.807, 2.05) is 45.9 Å². The summed E-state index contributed by atoms with van der Waals surface area (Å²) >= 11 is 0. The average molecular weight is 385 g/mol. The number of hydrogen-bond acceptors (Lipinski definition) is 5. The summed E-state index contributed by atoms with van der Waals surface area (Å²) in [5.74, 6) is 1.02. The first-order valence-electron chi connectivity index (χ1n) is 9.20. The lowest BCUT2D eigenvalue weighted by Crippen LogP contribution is -2.42. The molecule has 0 saturated heterocycles. The van der Waals surface area contributed by atoms with Crippen molar-refractivity contribution in [2.24, 2.45) is 5.92 Å². The van der Waals surface area contributed by atoms with Gasteiger partial charge in [-0.25, -0.2) is 9.78 Å². The maximum atomic E-state index is 12.2. The highest BCUT2D eigenvalue weighted by Gasteiger charge is 2.17. The number of rotatable bonds is 7. The van der Waals surface area contributed by atoms with Gasteiger partial charge in [-0.05, 0) is 49.9 Å². The van der Waals surface area contributed by atoms with Crippen molar-refractivity contribution in [1.29, 1.82) is 0 Å². The Labute approximate surface area is 165 Å². The van der Waals surface area contributed by atoms with Crippen molar-refractivity contribution in [3.8, 4) is 11.6 Å². The molecule has 7 heteroatoms. The van der Waals surface area contributed by atoms with E-state index in [0.29, 0.717) is 18.2 Å². The maximum absolute atomic E-state index is 12.2. The zero-order valence-corrected chi connectivity index (χ0v) is 16.9. The van der Waals surface area contributed by atoms with Crippen LogP contribution in [0.1, 0.15) is 31.9 Å². The summed E-state index contributed by atoms with van der Waals surface area (Å²) in [6.07, 6.45) is 0.883. The molecule has 150 valence electrons. The lowest BCUT2D eigenvalue weighted by Gasteiger charge is -2.15. The number of aryl methyl sites for hydroxylation is 1. The molecule has 7 nitrogen and oxygen atoms in total. The van der Waals surface area contributed by atoms with Gasteiger partial charge in [-0.3, -0.25) is 4.79 Å². The molecule has 0 saturated carbocycles. The minimum atomic E-state index is -0.745. The summed E-state index contributed by atoms with van der Waals surface area (Å²) in [5.41, 5.74) is 2.68. The number of benzene rings is 1. The van der Waals surface area contributed by atoms with Crippen molar-refractivity contribution in [3.63, 3.8) is 0 Å². The van der Waals surface area contributed by atoms with Crippen molar-refractivity contribution >= 4 is 17.7 Å². The molecule has 0 bridgehead atoms. The zero-order valence-electron chi connectivity index (χ0n) is 16.9. The van der Waals surface area contributed by atoms with Crippen LogP contribution in [0.15, 0.2) is 36.5 Å². The van der Waals surface area contributed by atoms with Crippen molar-refractivity contribution in [2.75, 3.05) is 11.9 Å². The number of nitrogens with one attached hydrogen (secondary N) is 2. The molecule has 1 atom stereocenters. The maximum Gasteiger partial charge on any atom is 0.407 e. The number of alkyl carbamates (subject to hydrolysis) is 1. The van der Waals surface area contributed by atoms with Crippen LogP contribution in [-0.2, 0) is 9.53 Å². The van der Waals surface area contributed by atoms with Gasteiger partial charge in [0.25, 0.3) is 0 Å². The fourth-order valence-corrected chi connectivity index (χ4v) is 2.24. The molecular formula is C21H27N3O4. The minimum Gasteiger partial charge on any atom is -0.449 e. The highest BCUT2D eigenvalue weighted by molar-refractivity contribution is 5.96. The smallest absolute Gasteiger partial charge is 0.407 e. The van der Waals surface area contributed by atoms with Crippen molar-refractivity contribution in [2.45, 2.75) is 40.7 Å². The molecule has 0 fully saturated rings. The molecule has 0 radical (unpaired) electrons. The van der Waals surface area contributed by atoms with Gasteiger partial charge < -0.3 is 20.1 Å². The molecule has 2 N–H and O–H groups in total. The summed E-state index contributed by atoms with van der Waals surface area (Å²) in [4.78, 5) is 28.1. The van der Waals surface area contributed by atoms with Crippen molar-refractivity contribution in [1.82, 2.24) is 10.3 Å². The summed E-state index contributed by atoms with van der Waals surface area (Å²) < 4.78 is 10.8. The second kappa shape index (κ2) is 9.73. The van der Waals surface area contributed by atoms with Gasteiger partial charge in [0.05, 0.1) is 18.5 Å². The van der Waals surface area contributed by atoms with Crippen LogP contribution in [0.25, 0.3) is 0 Å². The second-order valence-electron chi connectivity index (χ2n) is 7.03. The lowest BCUT2D eigenvalue weighted by atomic mass is 10.1. The summed E-state index contributed by atoms with van der Waals surface area (Å²) in [5, 5.41) is 5.19.